The van der Waals surface area contributed by atoms with Crippen molar-refractivity contribution in [3.8, 4) is 5.75 Å². The molecule has 2 aromatic rings. The van der Waals surface area contributed by atoms with Crippen LogP contribution in [0.5, 0.6) is 5.75 Å². The van der Waals surface area contributed by atoms with Crippen LogP contribution >= 0.6 is 15.9 Å². The maximum absolute atomic E-state index is 11.9. The molecule has 5 heteroatoms. The number of amides is 1. The molecule has 0 fully saturated rings. The molecule has 4 nitrogen and oxygen atoms in total. The standard InChI is InChI=1S/C13H11BrN2O2/c1-8-7-9(4-5-10(8)14)16-13(18)12-11(17)3-2-6-15-12/h2-7,17H,1H3,(H,16,18). The number of carbonyl (C=O) groups is 1. The molecule has 0 atom stereocenters. The van der Waals surface area contributed by atoms with E-state index in [4.69, 9.17) is 0 Å². The lowest BCUT2D eigenvalue weighted by Crippen LogP contribution is -2.13. The third-order valence-corrected chi connectivity index (χ3v) is 3.31. The molecular weight excluding hydrogens is 296 g/mol. The van der Waals surface area contributed by atoms with Crippen molar-refractivity contribution in [2.24, 2.45) is 0 Å². The van der Waals surface area contributed by atoms with Crippen LogP contribution in [-0.2, 0) is 0 Å². The first kappa shape index (κ1) is 12.6. The second-order valence-electron chi connectivity index (χ2n) is 3.79. The lowest BCUT2D eigenvalue weighted by molar-refractivity contribution is 0.101. The predicted octanol–water partition coefficient (Wildman–Crippen LogP) is 3.11. The molecule has 0 aliphatic rings. The monoisotopic (exact) mass is 306 g/mol. The average Bonchev–Trinajstić information content (AvgIpc) is 2.34. The number of anilines is 1. The van der Waals surface area contributed by atoms with Gasteiger partial charge in [-0.3, -0.25) is 4.79 Å². The number of hydrogen-bond acceptors (Lipinski definition) is 3. The Labute approximate surface area is 113 Å². The third-order valence-electron chi connectivity index (χ3n) is 2.42. The molecule has 2 rings (SSSR count). The van der Waals surface area contributed by atoms with Crippen LogP contribution in [0.1, 0.15) is 16.1 Å². The van der Waals surface area contributed by atoms with Crippen molar-refractivity contribution < 1.29 is 9.90 Å². The zero-order chi connectivity index (χ0) is 13.1. The molecule has 0 bridgehead atoms. The Morgan fingerprint density at radius 2 is 2.17 bits per heavy atom. The number of nitrogens with one attached hydrogen (secondary N) is 1. The third kappa shape index (κ3) is 2.68. The van der Waals surface area contributed by atoms with Crippen molar-refractivity contribution in [1.82, 2.24) is 4.98 Å². The highest BCUT2D eigenvalue weighted by Gasteiger charge is 2.12. The topological polar surface area (TPSA) is 62.2 Å². The average molecular weight is 307 g/mol. The molecule has 1 amide bonds. The molecule has 0 unspecified atom stereocenters. The zero-order valence-corrected chi connectivity index (χ0v) is 11.2. The fraction of sp³-hybridized carbons (Fsp3) is 0.0769. The zero-order valence-electron chi connectivity index (χ0n) is 9.64. The van der Waals surface area contributed by atoms with Crippen LogP contribution in [0.15, 0.2) is 41.0 Å². The first-order valence-corrected chi connectivity index (χ1v) is 6.08. The Morgan fingerprint density at radius 1 is 1.39 bits per heavy atom. The minimum atomic E-state index is -0.435. The van der Waals surface area contributed by atoms with Gasteiger partial charge in [-0.1, -0.05) is 15.9 Å². The largest absolute Gasteiger partial charge is 0.505 e. The number of aryl methyl sites for hydroxylation is 1. The SMILES string of the molecule is Cc1cc(NC(=O)c2ncccc2O)ccc1Br. The van der Waals surface area contributed by atoms with Gasteiger partial charge in [0.25, 0.3) is 5.91 Å². The number of nitrogens with zero attached hydrogens (tertiary/aromatic N) is 1. The van der Waals surface area contributed by atoms with Gasteiger partial charge < -0.3 is 10.4 Å². The second kappa shape index (κ2) is 5.18. The normalized spacial score (nSPS) is 10.1. The molecule has 1 heterocycles. The highest BCUT2D eigenvalue weighted by Crippen LogP contribution is 2.21. The van der Waals surface area contributed by atoms with E-state index in [1.165, 1.54) is 12.3 Å². The fourth-order valence-corrected chi connectivity index (χ4v) is 1.73. The second-order valence-corrected chi connectivity index (χ2v) is 4.64. The summed E-state index contributed by atoms with van der Waals surface area (Å²) in [6.45, 7) is 1.93. The van der Waals surface area contributed by atoms with Gasteiger partial charge in [0.1, 0.15) is 5.75 Å². The van der Waals surface area contributed by atoms with Crippen LogP contribution < -0.4 is 5.32 Å². The molecule has 0 radical (unpaired) electrons. The van der Waals surface area contributed by atoms with Gasteiger partial charge >= 0.3 is 0 Å². The Balaban J connectivity index is 2.22. The Morgan fingerprint density at radius 3 is 2.83 bits per heavy atom. The van der Waals surface area contributed by atoms with Gasteiger partial charge in [-0.25, -0.2) is 4.98 Å². The van der Waals surface area contributed by atoms with E-state index in [1.54, 1.807) is 12.1 Å². The van der Waals surface area contributed by atoms with Crippen LogP contribution in [0.25, 0.3) is 0 Å². The van der Waals surface area contributed by atoms with Crippen molar-refractivity contribution in [2.75, 3.05) is 5.32 Å². The maximum atomic E-state index is 11.9. The number of rotatable bonds is 2. The van der Waals surface area contributed by atoms with Gasteiger partial charge in [0.15, 0.2) is 5.69 Å². The van der Waals surface area contributed by atoms with Crippen molar-refractivity contribution in [1.29, 1.82) is 0 Å². The van der Waals surface area contributed by atoms with Crippen molar-refractivity contribution >= 4 is 27.5 Å². The summed E-state index contributed by atoms with van der Waals surface area (Å²) in [5.41, 5.74) is 1.68. The van der Waals surface area contributed by atoms with E-state index in [0.717, 1.165) is 10.0 Å². The van der Waals surface area contributed by atoms with Gasteiger partial charge in [0, 0.05) is 16.4 Å². The van der Waals surface area contributed by atoms with Crippen LogP contribution in [0.3, 0.4) is 0 Å². The molecule has 0 aliphatic carbocycles. The first-order valence-electron chi connectivity index (χ1n) is 5.29. The molecule has 0 saturated carbocycles. The molecular formula is C13H11BrN2O2. The summed E-state index contributed by atoms with van der Waals surface area (Å²) in [5.74, 6) is -0.571. The molecule has 18 heavy (non-hydrogen) atoms. The van der Waals surface area contributed by atoms with Crippen LogP contribution in [-0.4, -0.2) is 16.0 Å². The van der Waals surface area contributed by atoms with Gasteiger partial charge in [0.05, 0.1) is 0 Å². The predicted molar refractivity (Wildman–Crippen MR) is 72.7 cm³/mol. The maximum Gasteiger partial charge on any atom is 0.278 e. The van der Waals surface area contributed by atoms with Crippen molar-refractivity contribution in [3.63, 3.8) is 0 Å². The molecule has 0 spiro atoms. The van der Waals surface area contributed by atoms with Crippen LogP contribution in [0, 0.1) is 6.92 Å². The van der Waals surface area contributed by atoms with Crippen molar-refractivity contribution in [2.45, 2.75) is 6.92 Å². The lowest BCUT2D eigenvalue weighted by Gasteiger charge is -2.07. The lowest BCUT2D eigenvalue weighted by atomic mass is 10.2. The van der Waals surface area contributed by atoms with E-state index in [-0.39, 0.29) is 11.4 Å². The van der Waals surface area contributed by atoms with Crippen LogP contribution in [0.4, 0.5) is 5.69 Å². The van der Waals surface area contributed by atoms with E-state index in [1.807, 2.05) is 19.1 Å². The molecule has 0 aliphatic heterocycles. The molecule has 1 aromatic heterocycles. The van der Waals surface area contributed by atoms with E-state index in [2.05, 4.69) is 26.2 Å². The highest BCUT2D eigenvalue weighted by atomic mass is 79.9. The smallest absolute Gasteiger partial charge is 0.278 e. The number of carbonyl (C=O) groups excluding carboxylic acids is 1. The minimum absolute atomic E-state index is 0.0121. The first-order chi connectivity index (χ1) is 8.58. The molecule has 2 N–H and O–H groups in total. The summed E-state index contributed by atoms with van der Waals surface area (Å²) in [4.78, 5) is 15.7. The van der Waals surface area contributed by atoms with Gasteiger partial charge in [0.2, 0.25) is 0 Å². The summed E-state index contributed by atoms with van der Waals surface area (Å²) in [6, 6.07) is 8.45. The quantitative estimate of drug-likeness (QED) is 0.896. The Bertz CT molecular complexity index is 599. The molecule has 92 valence electrons. The number of aromatic nitrogens is 1. The van der Waals surface area contributed by atoms with Gasteiger partial charge in [-0.05, 0) is 42.8 Å². The van der Waals surface area contributed by atoms with E-state index in [9.17, 15) is 9.90 Å². The van der Waals surface area contributed by atoms with Crippen molar-refractivity contribution in [3.05, 3.63) is 52.3 Å². The summed E-state index contributed by atoms with van der Waals surface area (Å²) in [5, 5.41) is 12.2. The number of aromatic hydroxyl groups is 1. The van der Waals surface area contributed by atoms with Crippen LogP contribution in [0.2, 0.25) is 0 Å². The Hall–Kier alpha value is -1.88. The van der Waals surface area contributed by atoms with Gasteiger partial charge in [-0.15, -0.1) is 0 Å². The fourth-order valence-electron chi connectivity index (χ4n) is 1.48. The highest BCUT2D eigenvalue weighted by molar-refractivity contribution is 9.10. The minimum Gasteiger partial charge on any atom is -0.505 e. The number of halogens is 1. The van der Waals surface area contributed by atoms with E-state index < -0.39 is 5.91 Å². The molecule has 1 aromatic carbocycles. The number of benzene rings is 1. The molecule has 0 saturated heterocycles. The number of hydrogen-bond donors (Lipinski definition) is 2. The summed E-state index contributed by atoms with van der Waals surface area (Å²) < 4.78 is 0.973. The summed E-state index contributed by atoms with van der Waals surface area (Å²) >= 11 is 3.39. The summed E-state index contributed by atoms with van der Waals surface area (Å²) in [7, 11) is 0. The summed E-state index contributed by atoms with van der Waals surface area (Å²) in [6.07, 6.45) is 1.46. The van der Waals surface area contributed by atoms with Gasteiger partial charge in [-0.2, -0.15) is 0 Å². The van der Waals surface area contributed by atoms with E-state index >= 15 is 0 Å². The Kier molecular flexibility index (Phi) is 3.62. The number of pyridine rings is 1. The van der Waals surface area contributed by atoms with E-state index in [0.29, 0.717) is 5.69 Å².